The van der Waals surface area contributed by atoms with E-state index in [2.05, 4.69) is 43.4 Å². The second-order valence-electron chi connectivity index (χ2n) is 8.39. The summed E-state index contributed by atoms with van der Waals surface area (Å²) in [5.74, 6) is -0.458. The zero-order valence-electron chi connectivity index (χ0n) is 18.2. The van der Waals surface area contributed by atoms with Gasteiger partial charge in [0.1, 0.15) is 6.04 Å². The molecule has 1 saturated heterocycles. The van der Waals surface area contributed by atoms with Gasteiger partial charge in [-0.05, 0) is 35.4 Å². The van der Waals surface area contributed by atoms with E-state index >= 15 is 0 Å². The minimum Gasteiger partial charge on any atom is -0.370 e. The third kappa shape index (κ3) is 5.72. The number of nitrogens with one attached hydrogen (secondary N) is 1. The maximum atomic E-state index is 13.2. The Morgan fingerprint density at radius 1 is 0.968 bits per heavy atom. The first kappa shape index (κ1) is 22.5. The van der Waals surface area contributed by atoms with Gasteiger partial charge in [-0.3, -0.25) is 14.4 Å². The first-order valence-electron chi connectivity index (χ1n) is 10.9. The maximum absolute atomic E-state index is 13.2. The van der Waals surface area contributed by atoms with Gasteiger partial charge in [-0.15, -0.1) is 0 Å². The van der Waals surface area contributed by atoms with Crippen molar-refractivity contribution in [3.05, 3.63) is 71.3 Å². The minimum absolute atomic E-state index is 0.00148. The van der Waals surface area contributed by atoms with E-state index in [0.29, 0.717) is 18.9 Å². The lowest BCUT2D eigenvalue weighted by atomic mass is 9.95. The molecule has 0 saturated carbocycles. The summed E-state index contributed by atoms with van der Waals surface area (Å²) in [4.78, 5) is 38.4. The van der Waals surface area contributed by atoms with E-state index in [1.807, 2.05) is 30.3 Å². The standard InChI is InChI=1S/C25H31N3O3/c1-17(2)18-10-12-20(13-11-18)24(19-7-4-3-5-8-19)27-25(31)21-9-6-16-28(21)23(30)15-14-22(26)29/h3-5,7-8,10-13,17,21,24H,6,9,14-16H2,1-2H3,(H2,26,29)(H,27,31)/t21-,24-/m0/s1. The van der Waals surface area contributed by atoms with Gasteiger partial charge in [-0.1, -0.05) is 68.4 Å². The predicted octanol–water partition coefficient (Wildman–Crippen LogP) is 3.27. The summed E-state index contributed by atoms with van der Waals surface area (Å²) in [5.41, 5.74) is 8.39. The average Bonchev–Trinajstić information content (AvgIpc) is 3.26. The van der Waals surface area contributed by atoms with Crippen LogP contribution in [0.15, 0.2) is 54.6 Å². The SMILES string of the molecule is CC(C)c1ccc([C@@H](NC(=O)[C@@H]2CCCN2C(=O)CCC(N)=O)c2ccccc2)cc1. The number of likely N-dealkylation sites (tertiary alicyclic amines) is 1. The Morgan fingerprint density at radius 3 is 2.19 bits per heavy atom. The highest BCUT2D eigenvalue weighted by Crippen LogP contribution is 2.26. The number of rotatable bonds is 8. The summed E-state index contributed by atoms with van der Waals surface area (Å²) < 4.78 is 0. The van der Waals surface area contributed by atoms with Crippen LogP contribution in [-0.4, -0.2) is 35.2 Å². The van der Waals surface area contributed by atoms with E-state index in [4.69, 9.17) is 5.73 Å². The zero-order chi connectivity index (χ0) is 22.4. The number of nitrogens with zero attached hydrogens (tertiary/aromatic N) is 1. The Hall–Kier alpha value is -3.15. The van der Waals surface area contributed by atoms with Crippen LogP contribution in [-0.2, 0) is 14.4 Å². The van der Waals surface area contributed by atoms with Gasteiger partial charge in [0.05, 0.1) is 6.04 Å². The van der Waals surface area contributed by atoms with Gasteiger partial charge in [0, 0.05) is 19.4 Å². The van der Waals surface area contributed by atoms with Crippen LogP contribution < -0.4 is 11.1 Å². The van der Waals surface area contributed by atoms with Gasteiger partial charge in [-0.25, -0.2) is 0 Å². The van der Waals surface area contributed by atoms with Crippen molar-refractivity contribution in [2.75, 3.05) is 6.54 Å². The van der Waals surface area contributed by atoms with E-state index in [1.54, 1.807) is 4.90 Å². The molecule has 1 aliphatic heterocycles. The van der Waals surface area contributed by atoms with Crippen molar-refractivity contribution in [2.24, 2.45) is 5.73 Å². The van der Waals surface area contributed by atoms with Crippen LogP contribution in [0.2, 0.25) is 0 Å². The van der Waals surface area contributed by atoms with E-state index in [0.717, 1.165) is 17.5 Å². The minimum atomic E-state index is -0.526. The van der Waals surface area contributed by atoms with E-state index in [1.165, 1.54) is 5.56 Å². The third-order valence-corrected chi connectivity index (χ3v) is 5.82. The highest BCUT2D eigenvalue weighted by Gasteiger charge is 2.35. The van der Waals surface area contributed by atoms with Crippen molar-refractivity contribution >= 4 is 17.7 Å². The molecule has 0 radical (unpaired) electrons. The average molecular weight is 422 g/mol. The smallest absolute Gasteiger partial charge is 0.243 e. The number of carbonyl (C=O) groups is 3. The molecule has 0 aliphatic carbocycles. The second kappa shape index (κ2) is 10.2. The van der Waals surface area contributed by atoms with E-state index in [9.17, 15) is 14.4 Å². The Balaban J connectivity index is 1.79. The van der Waals surface area contributed by atoms with Crippen molar-refractivity contribution in [3.8, 4) is 0 Å². The maximum Gasteiger partial charge on any atom is 0.243 e. The number of nitrogens with two attached hydrogens (primary N) is 1. The summed E-state index contributed by atoms with van der Waals surface area (Å²) in [6.45, 7) is 4.82. The number of hydrogen-bond donors (Lipinski definition) is 2. The molecular weight excluding hydrogens is 390 g/mol. The van der Waals surface area contributed by atoms with Gasteiger partial charge in [0.2, 0.25) is 17.7 Å². The van der Waals surface area contributed by atoms with Crippen molar-refractivity contribution in [3.63, 3.8) is 0 Å². The van der Waals surface area contributed by atoms with Gasteiger partial charge in [-0.2, -0.15) is 0 Å². The summed E-state index contributed by atoms with van der Waals surface area (Å²) in [7, 11) is 0. The van der Waals surface area contributed by atoms with Gasteiger partial charge >= 0.3 is 0 Å². The lowest BCUT2D eigenvalue weighted by Crippen LogP contribution is -2.47. The van der Waals surface area contributed by atoms with E-state index < -0.39 is 11.9 Å². The summed E-state index contributed by atoms with van der Waals surface area (Å²) in [6, 6.07) is 17.3. The molecule has 2 aromatic carbocycles. The van der Waals surface area contributed by atoms with Crippen molar-refractivity contribution in [1.82, 2.24) is 10.2 Å². The summed E-state index contributed by atoms with van der Waals surface area (Å²) in [6.07, 6.45) is 1.41. The third-order valence-electron chi connectivity index (χ3n) is 5.82. The predicted molar refractivity (Wildman–Crippen MR) is 120 cm³/mol. The van der Waals surface area contributed by atoms with Gasteiger partial charge in [0.15, 0.2) is 0 Å². The quantitative estimate of drug-likeness (QED) is 0.685. The molecule has 6 heteroatoms. The van der Waals surface area contributed by atoms with E-state index in [-0.39, 0.29) is 30.7 Å². The molecule has 6 nitrogen and oxygen atoms in total. The number of amides is 3. The fourth-order valence-corrected chi connectivity index (χ4v) is 4.03. The van der Waals surface area contributed by atoms with Crippen molar-refractivity contribution in [2.45, 2.75) is 57.5 Å². The molecule has 1 heterocycles. The van der Waals surface area contributed by atoms with Gasteiger partial charge < -0.3 is 16.0 Å². The zero-order valence-corrected chi connectivity index (χ0v) is 18.2. The Kier molecular flexibility index (Phi) is 7.45. The molecule has 0 spiro atoms. The fourth-order valence-electron chi connectivity index (χ4n) is 4.03. The van der Waals surface area contributed by atoms with Crippen LogP contribution in [0.5, 0.6) is 0 Å². The topological polar surface area (TPSA) is 92.5 Å². The molecule has 3 rings (SSSR count). The molecule has 31 heavy (non-hydrogen) atoms. The molecule has 0 unspecified atom stereocenters. The van der Waals surface area contributed by atoms with Crippen LogP contribution in [0.25, 0.3) is 0 Å². The number of benzene rings is 2. The van der Waals surface area contributed by atoms with Crippen LogP contribution in [0.1, 0.15) is 68.2 Å². The molecule has 0 bridgehead atoms. The normalized spacial score (nSPS) is 16.9. The Bertz CT molecular complexity index is 909. The molecule has 1 fully saturated rings. The molecule has 3 N–H and O–H groups in total. The molecule has 2 aromatic rings. The lowest BCUT2D eigenvalue weighted by molar-refractivity contribution is -0.139. The number of primary amides is 1. The van der Waals surface area contributed by atoms with Crippen LogP contribution in [0.3, 0.4) is 0 Å². The van der Waals surface area contributed by atoms with Crippen LogP contribution >= 0.6 is 0 Å². The lowest BCUT2D eigenvalue weighted by Gasteiger charge is -2.27. The monoisotopic (exact) mass is 421 g/mol. The molecule has 2 atom stereocenters. The molecule has 3 amide bonds. The molecule has 0 aromatic heterocycles. The fraction of sp³-hybridized carbons (Fsp3) is 0.400. The number of hydrogen-bond acceptors (Lipinski definition) is 3. The largest absolute Gasteiger partial charge is 0.370 e. The van der Waals surface area contributed by atoms with Crippen molar-refractivity contribution < 1.29 is 14.4 Å². The van der Waals surface area contributed by atoms with Crippen LogP contribution in [0.4, 0.5) is 0 Å². The molecule has 164 valence electrons. The van der Waals surface area contributed by atoms with Crippen molar-refractivity contribution in [1.29, 1.82) is 0 Å². The highest BCUT2D eigenvalue weighted by molar-refractivity contribution is 5.90. The first-order chi connectivity index (χ1) is 14.9. The summed E-state index contributed by atoms with van der Waals surface area (Å²) in [5, 5.41) is 3.17. The van der Waals surface area contributed by atoms with Gasteiger partial charge in [0.25, 0.3) is 0 Å². The molecular formula is C25H31N3O3. The first-order valence-corrected chi connectivity index (χ1v) is 10.9. The number of carbonyl (C=O) groups excluding carboxylic acids is 3. The second-order valence-corrected chi connectivity index (χ2v) is 8.39. The summed E-state index contributed by atoms with van der Waals surface area (Å²) >= 11 is 0. The van der Waals surface area contributed by atoms with Crippen LogP contribution in [0, 0.1) is 0 Å². The Morgan fingerprint density at radius 2 is 1.58 bits per heavy atom. The highest BCUT2D eigenvalue weighted by atomic mass is 16.2. The molecule has 1 aliphatic rings. The Labute approximate surface area is 183 Å².